The molecular formula is C19H19FN4O3S. The fourth-order valence-electron chi connectivity index (χ4n) is 2.73. The summed E-state index contributed by atoms with van der Waals surface area (Å²) in [7, 11) is -0.473. The number of rotatable bonds is 6. The van der Waals surface area contributed by atoms with Crippen LogP contribution >= 0.6 is 0 Å². The van der Waals surface area contributed by atoms with E-state index in [1.807, 2.05) is 0 Å². The summed E-state index contributed by atoms with van der Waals surface area (Å²) in [6.45, 7) is 0. The summed E-state index contributed by atoms with van der Waals surface area (Å²) in [5, 5.41) is 2.87. The number of hydrogen-bond acceptors (Lipinski definition) is 4. The molecule has 1 amide bonds. The number of aryl methyl sites for hydroxylation is 1. The van der Waals surface area contributed by atoms with Gasteiger partial charge < -0.3 is 9.88 Å². The van der Waals surface area contributed by atoms with Gasteiger partial charge in [0.15, 0.2) is 0 Å². The molecule has 0 bridgehead atoms. The minimum atomic E-state index is -3.58. The fourth-order valence-corrected chi connectivity index (χ4v) is 3.46. The summed E-state index contributed by atoms with van der Waals surface area (Å²) in [5.74, 6) is -0.213. The van der Waals surface area contributed by atoms with Gasteiger partial charge in [-0.1, -0.05) is 12.1 Å². The highest BCUT2D eigenvalue weighted by Crippen LogP contribution is 2.22. The Morgan fingerprint density at radius 1 is 1.11 bits per heavy atom. The Morgan fingerprint density at radius 3 is 2.29 bits per heavy atom. The molecule has 1 heterocycles. The molecule has 28 heavy (non-hydrogen) atoms. The van der Waals surface area contributed by atoms with Crippen LogP contribution in [0.2, 0.25) is 0 Å². The number of aromatic nitrogens is 2. The van der Waals surface area contributed by atoms with E-state index in [1.165, 1.54) is 43.4 Å². The van der Waals surface area contributed by atoms with E-state index < -0.39 is 22.0 Å². The summed E-state index contributed by atoms with van der Waals surface area (Å²) >= 11 is 0. The second-order valence-electron chi connectivity index (χ2n) is 6.09. The SMILES string of the molecule is CNS(=O)(=O)c1ccc(C(=O)NC(c2ccc(F)cc2)c2nccn2C)cc1. The molecule has 1 unspecified atom stereocenters. The molecule has 3 rings (SSSR count). The minimum Gasteiger partial charge on any atom is -0.338 e. The van der Waals surface area contributed by atoms with Gasteiger partial charge in [0.05, 0.1) is 4.90 Å². The summed E-state index contributed by atoms with van der Waals surface area (Å²) in [4.78, 5) is 17.1. The van der Waals surface area contributed by atoms with Crippen LogP contribution in [-0.2, 0) is 17.1 Å². The maximum atomic E-state index is 13.3. The van der Waals surface area contributed by atoms with Gasteiger partial charge in [-0.3, -0.25) is 4.79 Å². The topological polar surface area (TPSA) is 93.1 Å². The highest BCUT2D eigenvalue weighted by atomic mass is 32.2. The van der Waals surface area contributed by atoms with Gasteiger partial charge in [0, 0.05) is 25.0 Å². The van der Waals surface area contributed by atoms with Crippen LogP contribution in [-0.4, -0.2) is 30.9 Å². The molecule has 0 spiro atoms. The average molecular weight is 402 g/mol. The van der Waals surface area contributed by atoms with Gasteiger partial charge >= 0.3 is 0 Å². The molecule has 0 aliphatic heterocycles. The van der Waals surface area contributed by atoms with Gasteiger partial charge in [-0.05, 0) is 49.0 Å². The Kier molecular flexibility index (Phi) is 5.57. The predicted molar refractivity (Wildman–Crippen MR) is 102 cm³/mol. The van der Waals surface area contributed by atoms with Gasteiger partial charge in [0.25, 0.3) is 5.91 Å². The van der Waals surface area contributed by atoms with Crippen LogP contribution in [0.3, 0.4) is 0 Å². The average Bonchev–Trinajstić information content (AvgIpc) is 3.12. The van der Waals surface area contributed by atoms with Crippen molar-refractivity contribution in [3.63, 3.8) is 0 Å². The zero-order valence-corrected chi connectivity index (χ0v) is 16.1. The maximum absolute atomic E-state index is 13.3. The van der Waals surface area contributed by atoms with Gasteiger partial charge in [0.2, 0.25) is 10.0 Å². The number of nitrogens with one attached hydrogen (secondary N) is 2. The number of sulfonamides is 1. The van der Waals surface area contributed by atoms with Crippen LogP contribution in [0.1, 0.15) is 27.8 Å². The molecule has 1 atom stereocenters. The smallest absolute Gasteiger partial charge is 0.252 e. The lowest BCUT2D eigenvalue weighted by atomic mass is 10.1. The second kappa shape index (κ2) is 7.91. The molecule has 0 radical (unpaired) electrons. The number of imidazole rings is 1. The molecule has 2 aromatic carbocycles. The van der Waals surface area contributed by atoms with Crippen molar-refractivity contribution in [3.8, 4) is 0 Å². The van der Waals surface area contributed by atoms with E-state index >= 15 is 0 Å². The van der Waals surface area contributed by atoms with Crippen molar-refractivity contribution in [2.45, 2.75) is 10.9 Å². The van der Waals surface area contributed by atoms with E-state index in [1.54, 1.807) is 36.1 Å². The van der Waals surface area contributed by atoms with E-state index in [4.69, 9.17) is 0 Å². The van der Waals surface area contributed by atoms with Crippen molar-refractivity contribution in [2.24, 2.45) is 7.05 Å². The van der Waals surface area contributed by atoms with E-state index in [2.05, 4.69) is 15.0 Å². The third kappa shape index (κ3) is 4.10. The van der Waals surface area contributed by atoms with E-state index in [9.17, 15) is 17.6 Å². The third-order valence-electron chi connectivity index (χ3n) is 4.29. The summed E-state index contributed by atoms with van der Waals surface area (Å²) in [6, 6.07) is 10.8. The Bertz CT molecular complexity index is 1080. The van der Waals surface area contributed by atoms with Crippen LogP contribution < -0.4 is 10.0 Å². The lowest BCUT2D eigenvalue weighted by molar-refractivity contribution is 0.0941. The molecule has 0 fully saturated rings. The number of amides is 1. The molecule has 7 nitrogen and oxygen atoms in total. The number of halogens is 1. The number of hydrogen-bond donors (Lipinski definition) is 2. The molecule has 0 saturated carbocycles. The number of benzene rings is 2. The summed E-state index contributed by atoms with van der Waals surface area (Å²) in [5.41, 5.74) is 0.954. The number of carbonyl (C=O) groups excluding carboxylic acids is 1. The standard InChI is InChI=1S/C19H19FN4O3S/c1-21-28(26,27)16-9-5-14(6-10-16)19(25)23-17(18-22-11-12-24(18)2)13-3-7-15(20)8-4-13/h3-12,17,21H,1-2H3,(H,23,25). The summed E-state index contributed by atoms with van der Waals surface area (Å²) < 4.78 is 40.9. The molecule has 0 aliphatic rings. The van der Waals surface area contributed by atoms with Crippen molar-refractivity contribution in [3.05, 3.63) is 83.7 Å². The van der Waals surface area contributed by atoms with E-state index in [-0.39, 0.29) is 16.3 Å². The molecule has 0 saturated heterocycles. The first-order valence-corrected chi connectivity index (χ1v) is 9.87. The van der Waals surface area contributed by atoms with E-state index in [0.29, 0.717) is 11.4 Å². The molecule has 2 N–H and O–H groups in total. The minimum absolute atomic E-state index is 0.0609. The van der Waals surface area contributed by atoms with Crippen molar-refractivity contribution in [1.29, 1.82) is 0 Å². The Labute approximate surface area is 162 Å². The van der Waals surface area contributed by atoms with Gasteiger partial charge in [-0.2, -0.15) is 0 Å². The lowest BCUT2D eigenvalue weighted by Gasteiger charge is -2.19. The first-order chi connectivity index (χ1) is 13.3. The normalized spacial score (nSPS) is 12.5. The monoisotopic (exact) mass is 402 g/mol. The van der Waals surface area contributed by atoms with Crippen LogP contribution in [0.15, 0.2) is 65.8 Å². The molecule has 1 aromatic heterocycles. The predicted octanol–water partition coefficient (Wildman–Crippen LogP) is 1.99. The van der Waals surface area contributed by atoms with Crippen molar-refractivity contribution < 1.29 is 17.6 Å². The highest BCUT2D eigenvalue weighted by Gasteiger charge is 2.22. The Hall–Kier alpha value is -3.04. The van der Waals surface area contributed by atoms with Crippen molar-refractivity contribution in [2.75, 3.05) is 7.05 Å². The zero-order valence-electron chi connectivity index (χ0n) is 15.3. The fraction of sp³-hybridized carbons (Fsp3) is 0.158. The highest BCUT2D eigenvalue weighted by molar-refractivity contribution is 7.89. The first kappa shape index (κ1) is 19.7. The van der Waals surface area contributed by atoms with E-state index in [0.717, 1.165) is 0 Å². The molecule has 0 aliphatic carbocycles. The third-order valence-corrected chi connectivity index (χ3v) is 5.72. The quantitative estimate of drug-likeness (QED) is 0.659. The Balaban J connectivity index is 1.89. The van der Waals surface area contributed by atoms with Crippen molar-refractivity contribution in [1.82, 2.24) is 19.6 Å². The van der Waals surface area contributed by atoms with Crippen molar-refractivity contribution >= 4 is 15.9 Å². The van der Waals surface area contributed by atoms with Gasteiger partial charge in [-0.25, -0.2) is 22.5 Å². The van der Waals surface area contributed by atoms with Crippen LogP contribution in [0, 0.1) is 5.82 Å². The number of nitrogens with zero attached hydrogens (tertiary/aromatic N) is 2. The first-order valence-electron chi connectivity index (χ1n) is 8.39. The molecular weight excluding hydrogens is 383 g/mol. The number of carbonyl (C=O) groups is 1. The second-order valence-corrected chi connectivity index (χ2v) is 7.97. The summed E-state index contributed by atoms with van der Waals surface area (Å²) in [6.07, 6.45) is 3.35. The maximum Gasteiger partial charge on any atom is 0.252 e. The zero-order chi connectivity index (χ0) is 20.3. The van der Waals surface area contributed by atoms with Crippen LogP contribution in [0.5, 0.6) is 0 Å². The van der Waals surface area contributed by atoms with Crippen LogP contribution in [0.25, 0.3) is 0 Å². The lowest BCUT2D eigenvalue weighted by Crippen LogP contribution is -2.31. The molecule has 9 heteroatoms. The Morgan fingerprint density at radius 2 is 1.75 bits per heavy atom. The molecule has 146 valence electrons. The van der Waals surface area contributed by atoms with Gasteiger partial charge in [-0.15, -0.1) is 0 Å². The van der Waals surface area contributed by atoms with Gasteiger partial charge in [0.1, 0.15) is 17.7 Å². The molecule has 3 aromatic rings. The largest absolute Gasteiger partial charge is 0.338 e. The van der Waals surface area contributed by atoms with Crippen LogP contribution in [0.4, 0.5) is 4.39 Å².